The molecular formula is C40H56N6O9. The van der Waals surface area contributed by atoms with Crippen LogP contribution in [0.4, 0.5) is 0 Å². The fourth-order valence-corrected chi connectivity index (χ4v) is 8.03. The molecule has 4 aliphatic heterocycles. The quantitative estimate of drug-likeness (QED) is 0.165. The lowest BCUT2D eigenvalue weighted by Crippen LogP contribution is -2.63. The number of cyclic esters (lactones) is 1. The Bertz CT molecular complexity index is 1650. The highest BCUT2D eigenvalue weighted by atomic mass is 16.5. The first kappa shape index (κ1) is 41.2. The van der Waals surface area contributed by atoms with E-state index in [1.54, 1.807) is 25.1 Å². The van der Waals surface area contributed by atoms with Crippen molar-refractivity contribution in [2.45, 2.75) is 134 Å². The van der Waals surface area contributed by atoms with E-state index in [4.69, 9.17) is 4.74 Å². The first-order valence-electron chi connectivity index (χ1n) is 19.8. The first-order chi connectivity index (χ1) is 26.3. The zero-order valence-corrected chi connectivity index (χ0v) is 32.3. The molecule has 0 bridgehead atoms. The molecule has 0 aliphatic carbocycles. The lowest BCUT2D eigenvalue weighted by atomic mass is 9.91. The van der Waals surface area contributed by atoms with E-state index in [2.05, 4.69) is 16.0 Å². The topological polar surface area (TPSA) is 195 Å². The molecule has 0 saturated carbocycles. The van der Waals surface area contributed by atoms with Gasteiger partial charge in [0.25, 0.3) is 0 Å². The number of ether oxygens (including phenoxy) is 1. The van der Waals surface area contributed by atoms with E-state index in [-0.39, 0.29) is 31.2 Å². The number of esters is 1. The van der Waals surface area contributed by atoms with Crippen molar-refractivity contribution in [1.29, 1.82) is 0 Å². The molecule has 0 radical (unpaired) electrons. The third-order valence-corrected chi connectivity index (χ3v) is 11.1. The standard InChI is InChI=1S/C40H56N6O9/c1-5-6-7-8-16-33(48)42-29(23-27-12-9-13-28(47)22-27)35(49)43-34-26(4)55-40(54)31-15-11-19-45(31)37(51)25(3)41-36(50)32-21-24(2)17-20-46(32)38(52)30-14-10-18-44(30)39(34)53/h8-9,12-13,16,22,24-26,29-32,34,47H,5-7,10-11,14-15,17-21,23H2,1-4H3,(H,41,50)(H,42,48)(H,43,49)/b16-8+/t24?,25-,26-,29-,30+,31+,32+,34-/m0/s1. The van der Waals surface area contributed by atoms with Crippen molar-refractivity contribution >= 4 is 41.4 Å². The summed E-state index contributed by atoms with van der Waals surface area (Å²) in [6.45, 7) is 7.81. The van der Waals surface area contributed by atoms with E-state index in [0.29, 0.717) is 57.1 Å². The van der Waals surface area contributed by atoms with E-state index in [1.807, 2.05) is 13.8 Å². The van der Waals surface area contributed by atoms with Gasteiger partial charge in [0.05, 0.1) is 0 Å². The van der Waals surface area contributed by atoms with Crippen LogP contribution in [0.5, 0.6) is 5.75 Å². The predicted octanol–water partition coefficient (Wildman–Crippen LogP) is 1.71. The molecule has 0 aromatic heterocycles. The van der Waals surface area contributed by atoms with Gasteiger partial charge in [-0.1, -0.05) is 44.9 Å². The zero-order chi connectivity index (χ0) is 39.8. The molecule has 1 aromatic rings. The van der Waals surface area contributed by atoms with E-state index in [9.17, 15) is 38.7 Å². The number of hydrogen-bond acceptors (Lipinski definition) is 9. The third-order valence-electron chi connectivity index (χ3n) is 11.1. The maximum absolute atomic E-state index is 14.6. The number of carbonyl (C=O) groups is 7. The number of benzene rings is 1. The summed E-state index contributed by atoms with van der Waals surface area (Å²) in [4.78, 5) is 102. The fourth-order valence-electron chi connectivity index (χ4n) is 8.03. The minimum Gasteiger partial charge on any atom is -0.508 e. The zero-order valence-electron chi connectivity index (χ0n) is 32.3. The Morgan fingerprint density at radius 2 is 1.62 bits per heavy atom. The molecular weight excluding hydrogens is 708 g/mol. The summed E-state index contributed by atoms with van der Waals surface area (Å²) in [5, 5.41) is 18.4. The molecule has 15 nitrogen and oxygen atoms in total. The second-order valence-corrected chi connectivity index (χ2v) is 15.4. The van der Waals surface area contributed by atoms with Gasteiger partial charge in [0.2, 0.25) is 35.4 Å². The van der Waals surface area contributed by atoms with Gasteiger partial charge in [0, 0.05) is 26.1 Å². The average molecular weight is 765 g/mol. The molecule has 0 spiro atoms. The van der Waals surface area contributed by atoms with Gasteiger partial charge in [-0.2, -0.15) is 0 Å². The molecule has 8 atom stereocenters. The van der Waals surface area contributed by atoms with Crippen LogP contribution in [0.3, 0.4) is 0 Å². The third kappa shape index (κ3) is 10.0. The summed E-state index contributed by atoms with van der Waals surface area (Å²) >= 11 is 0. The molecule has 4 heterocycles. The van der Waals surface area contributed by atoms with E-state index < -0.39 is 83.8 Å². The summed E-state index contributed by atoms with van der Waals surface area (Å²) in [6, 6.07) is -0.188. The maximum atomic E-state index is 14.6. The van der Waals surface area contributed by atoms with Crippen molar-refractivity contribution in [3.8, 4) is 5.75 Å². The van der Waals surface area contributed by atoms with E-state index in [1.165, 1.54) is 39.8 Å². The van der Waals surface area contributed by atoms with Gasteiger partial charge < -0.3 is 40.5 Å². The Kier molecular flexibility index (Phi) is 13.9. The van der Waals surface area contributed by atoms with Crippen LogP contribution >= 0.6 is 0 Å². The molecule has 5 rings (SSSR count). The Labute approximate surface area is 322 Å². The molecule has 6 amide bonds. The van der Waals surface area contributed by atoms with Crippen LogP contribution in [-0.4, -0.2) is 123 Å². The summed E-state index contributed by atoms with van der Waals surface area (Å²) < 4.78 is 5.89. The van der Waals surface area contributed by atoms with Crippen molar-refractivity contribution in [1.82, 2.24) is 30.7 Å². The van der Waals surface area contributed by atoms with Crippen LogP contribution in [0.15, 0.2) is 36.4 Å². The molecule has 4 saturated heterocycles. The van der Waals surface area contributed by atoms with Crippen molar-refractivity contribution in [2.24, 2.45) is 5.92 Å². The molecule has 300 valence electrons. The van der Waals surface area contributed by atoms with Crippen molar-refractivity contribution in [3.63, 3.8) is 0 Å². The van der Waals surface area contributed by atoms with Gasteiger partial charge in [-0.25, -0.2) is 4.79 Å². The van der Waals surface area contributed by atoms with Crippen LogP contribution in [0, 0.1) is 5.92 Å². The summed E-state index contributed by atoms with van der Waals surface area (Å²) in [5.41, 5.74) is 0.541. The normalized spacial score (nSPS) is 28.6. The Morgan fingerprint density at radius 1 is 0.927 bits per heavy atom. The number of unbranched alkanes of at least 4 members (excludes halogenated alkanes) is 2. The largest absolute Gasteiger partial charge is 0.508 e. The van der Waals surface area contributed by atoms with E-state index >= 15 is 0 Å². The number of hydrogen-bond donors (Lipinski definition) is 4. The highest BCUT2D eigenvalue weighted by Gasteiger charge is 2.47. The Morgan fingerprint density at radius 3 is 2.33 bits per heavy atom. The molecule has 55 heavy (non-hydrogen) atoms. The summed E-state index contributed by atoms with van der Waals surface area (Å²) in [6.07, 6.45) is 6.95. The van der Waals surface area contributed by atoms with Gasteiger partial charge in [-0.05, 0) is 88.5 Å². The van der Waals surface area contributed by atoms with Crippen LogP contribution in [0.1, 0.15) is 91.0 Å². The Balaban J connectivity index is 1.49. The lowest BCUT2D eigenvalue weighted by molar-refractivity contribution is -0.163. The number of aromatic hydroxyl groups is 1. The predicted molar refractivity (Wildman–Crippen MR) is 201 cm³/mol. The van der Waals surface area contributed by atoms with E-state index in [0.717, 1.165) is 12.8 Å². The maximum Gasteiger partial charge on any atom is 0.329 e. The molecule has 4 aliphatic rings. The van der Waals surface area contributed by atoms with Crippen LogP contribution in [-0.2, 0) is 44.7 Å². The number of amides is 6. The van der Waals surface area contributed by atoms with Gasteiger partial charge in [-0.15, -0.1) is 0 Å². The number of carbonyl (C=O) groups excluding carboxylic acids is 7. The number of nitrogens with one attached hydrogen (secondary N) is 3. The van der Waals surface area contributed by atoms with Crippen LogP contribution in [0.25, 0.3) is 0 Å². The molecule has 4 fully saturated rings. The Hall–Kier alpha value is -4.95. The van der Waals surface area contributed by atoms with Gasteiger partial charge in [-0.3, -0.25) is 28.8 Å². The second-order valence-electron chi connectivity index (χ2n) is 15.4. The average Bonchev–Trinajstić information content (AvgIpc) is 3.85. The molecule has 15 heteroatoms. The van der Waals surface area contributed by atoms with Crippen LogP contribution < -0.4 is 16.0 Å². The van der Waals surface area contributed by atoms with Crippen molar-refractivity contribution < 1.29 is 43.4 Å². The number of phenolic OH excluding ortho intramolecular Hbond substituents is 1. The van der Waals surface area contributed by atoms with Gasteiger partial charge in [0.15, 0.2) is 0 Å². The highest BCUT2D eigenvalue weighted by molar-refractivity contribution is 5.98. The van der Waals surface area contributed by atoms with Crippen molar-refractivity contribution in [2.75, 3.05) is 19.6 Å². The number of nitrogens with zero attached hydrogens (tertiary/aromatic N) is 3. The van der Waals surface area contributed by atoms with Gasteiger partial charge in [0.1, 0.15) is 48.1 Å². The molecule has 1 unspecified atom stereocenters. The number of phenols is 1. The smallest absolute Gasteiger partial charge is 0.329 e. The number of fused-ring (bicyclic) bond motifs is 3. The number of piperidine rings is 1. The minimum absolute atomic E-state index is 0.0304. The lowest BCUT2D eigenvalue weighted by Gasteiger charge is -2.41. The second kappa shape index (κ2) is 18.6. The summed E-state index contributed by atoms with van der Waals surface area (Å²) in [5.74, 6) is -3.93. The number of allylic oxidation sites excluding steroid dienone is 1. The van der Waals surface area contributed by atoms with Crippen LogP contribution in [0.2, 0.25) is 0 Å². The molecule has 1 aromatic carbocycles. The van der Waals surface area contributed by atoms with Crippen molar-refractivity contribution in [3.05, 3.63) is 42.0 Å². The SMILES string of the molecule is CCCC/C=C/C(=O)N[C@@H](Cc1cccc(O)c1)C(=O)N[C@@H]1C(=O)N2CCC[C@@H]2C(=O)N2CCC(C)C[C@@H]2C(=O)N[C@@H](C)C(=O)N2CCC[C@@H]2C(=O)O[C@H]1C. The molecule has 4 N–H and O–H groups in total. The highest BCUT2D eigenvalue weighted by Crippen LogP contribution is 2.29. The fraction of sp³-hybridized carbons (Fsp3) is 0.625. The van der Waals surface area contributed by atoms with Gasteiger partial charge >= 0.3 is 5.97 Å². The minimum atomic E-state index is -1.48. The number of rotatable bonds is 9. The first-order valence-corrected chi connectivity index (χ1v) is 19.8. The summed E-state index contributed by atoms with van der Waals surface area (Å²) in [7, 11) is 0. The monoisotopic (exact) mass is 764 g/mol.